The molecule has 2 N–H and O–H groups in total. The fourth-order valence-electron chi connectivity index (χ4n) is 4.15. The van der Waals surface area contributed by atoms with Crippen molar-refractivity contribution < 1.29 is 9.53 Å². The van der Waals surface area contributed by atoms with E-state index in [1.165, 1.54) is 32.1 Å². The lowest BCUT2D eigenvalue weighted by Crippen LogP contribution is -2.39. The molecule has 1 aliphatic carbocycles. The van der Waals surface area contributed by atoms with Gasteiger partial charge >= 0.3 is 0 Å². The molecule has 0 aromatic carbocycles. The third-order valence-corrected chi connectivity index (χ3v) is 6.55. The summed E-state index contributed by atoms with van der Waals surface area (Å²) in [5.74, 6) is 1.42. The van der Waals surface area contributed by atoms with Crippen LogP contribution in [0.1, 0.15) is 76.2 Å². The number of rotatable bonds is 6. The van der Waals surface area contributed by atoms with E-state index in [4.69, 9.17) is 4.74 Å². The van der Waals surface area contributed by atoms with E-state index in [9.17, 15) is 4.79 Å². The van der Waals surface area contributed by atoms with Gasteiger partial charge in [0.2, 0.25) is 0 Å². The number of hydrogen-bond donors (Lipinski definition) is 2. The van der Waals surface area contributed by atoms with Crippen LogP contribution in [0, 0.1) is 11.3 Å². The molecule has 0 atom stereocenters. The van der Waals surface area contributed by atoms with Gasteiger partial charge in [-0.3, -0.25) is 4.79 Å². The molecule has 2 fully saturated rings. The van der Waals surface area contributed by atoms with Gasteiger partial charge in [-0.25, -0.2) is 0 Å². The minimum Gasteiger partial charge on any atom is -0.381 e. The standard InChI is InChI=1S/C21H34N4O2/c1-4-21(2,3)15-5-7-16(8-6-15)22-19-10-9-18(24-25-19)20(26)23-17-11-13-27-14-12-17/h9-10,15-17H,4-8,11-14H2,1-3H3,(H,22,25)(H,23,26). The molecular weight excluding hydrogens is 340 g/mol. The van der Waals surface area contributed by atoms with Gasteiger partial charge in [0.25, 0.3) is 5.91 Å². The Morgan fingerprint density at radius 3 is 2.37 bits per heavy atom. The maximum absolute atomic E-state index is 12.3. The molecule has 0 unspecified atom stereocenters. The first-order chi connectivity index (χ1) is 13.0. The zero-order valence-corrected chi connectivity index (χ0v) is 17.0. The molecule has 1 amide bonds. The van der Waals surface area contributed by atoms with Crippen LogP contribution in [0.25, 0.3) is 0 Å². The van der Waals surface area contributed by atoms with E-state index >= 15 is 0 Å². The van der Waals surface area contributed by atoms with Crippen molar-refractivity contribution in [2.75, 3.05) is 18.5 Å². The minimum atomic E-state index is -0.150. The molecule has 1 saturated carbocycles. The minimum absolute atomic E-state index is 0.150. The molecule has 6 heteroatoms. The van der Waals surface area contributed by atoms with E-state index in [-0.39, 0.29) is 11.9 Å². The highest BCUT2D eigenvalue weighted by Gasteiger charge is 2.31. The van der Waals surface area contributed by atoms with Crippen LogP contribution in [-0.4, -0.2) is 41.4 Å². The van der Waals surface area contributed by atoms with Gasteiger partial charge in [-0.2, -0.15) is 0 Å². The van der Waals surface area contributed by atoms with Crippen molar-refractivity contribution in [3.05, 3.63) is 17.8 Å². The zero-order chi connectivity index (χ0) is 19.3. The Labute approximate surface area is 162 Å². The average molecular weight is 375 g/mol. The molecule has 0 spiro atoms. The number of carbonyl (C=O) groups is 1. The third-order valence-electron chi connectivity index (χ3n) is 6.55. The van der Waals surface area contributed by atoms with Crippen LogP contribution in [0.3, 0.4) is 0 Å². The molecule has 1 aliphatic heterocycles. The van der Waals surface area contributed by atoms with Gasteiger partial charge in [0.1, 0.15) is 5.82 Å². The predicted molar refractivity (Wildman–Crippen MR) is 107 cm³/mol. The molecule has 2 aliphatic rings. The van der Waals surface area contributed by atoms with Crippen LogP contribution in [0.2, 0.25) is 0 Å². The Balaban J connectivity index is 1.47. The average Bonchev–Trinajstić information content (AvgIpc) is 2.70. The lowest BCUT2D eigenvalue weighted by atomic mass is 9.69. The lowest BCUT2D eigenvalue weighted by Gasteiger charge is -2.39. The quantitative estimate of drug-likeness (QED) is 0.792. The first-order valence-corrected chi connectivity index (χ1v) is 10.5. The summed E-state index contributed by atoms with van der Waals surface area (Å²) in [6.45, 7) is 8.48. The molecule has 2 heterocycles. The number of carbonyl (C=O) groups excluding carboxylic acids is 1. The van der Waals surface area contributed by atoms with E-state index in [1.807, 2.05) is 6.07 Å². The summed E-state index contributed by atoms with van der Waals surface area (Å²) in [6, 6.07) is 4.25. The number of ether oxygens (including phenoxy) is 1. The first-order valence-electron chi connectivity index (χ1n) is 10.5. The van der Waals surface area contributed by atoms with Gasteiger partial charge in [-0.15, -0.1) is 10.2 Å². The molecule has 0 bridgehead atoms. The van der Waals surface area contributed by atoms with Crippen LogP contribution in [0.5, 0.6) is 0 Å². The second kappa shape index (κ2) is 9.00. The Morgan fingerprint density at radius 1 is 1.07 bits per heavy atom. The largest absolute Gasteiger partial charge is 0.381 e. The number of nitrogens with one attached hydrogen (secondary N) is 2. The summed E-state index contributed by atoms with van der Waals surface area (Å²) in [7, 11) is 0. The lowest BCUT2D eigenvalue weighted by molar-refractivity contribution is 0.0693. The van der Waals surface area contributed by atoms with Gasteiger partial charge in [-0.05, 0) is 62.0 Å². The highest BCUT2D eigenvalue weighted by molar-refractivity contribution is 5.92. The van der Waals surface area contributed by atoms with E-state index < -0.39 is 0 Å². The van der Waals surface area contributed by atoms with Crippen LogP contribution in [0.4, 0.5) is 5.82 Å². The highest BCUT2D eigenvalue weighted by atomic mass is 16.5. The van der Waals surface area contributed by atoms with Crippen LogP contribution in [-0.2, 0) is 4.74 Å². The fourth-order valence-corrected chi connectivity index (χ4v) is 4.15. The second-order valence-corrected chi connectivity index (χ2v) is 8.70. The van der Waals surface area contributed by atoms with Crippen molar-refractivity contribution in [2.45, 2.75) is 77.8 Å². The maximum Gasteiger partial charge on any atom is 0.272 e. The SMILES string of the molecule is CCC(C)(C)C1CCC(Nc2ccc(C(=O)NC3CCOCC3)nn2)CC1. The van der Waals surface area contributed by atoms with Crippen molar-refractivity contribution in [2.24, 2.45) is 11.3 Å². The highest BCUT2D eigenvalue weighted by Crippen LogP contribution is 2.40. The number of hydrogen-bond acceptors (Lipinski definition) is 5. The predicted octanol–water partition coefficient (Wildman–Crippen LogP) is 3.79. The number of amides is 1. The van der Waals surface area contributed by atoms with Crippen molar-refractivity contribution in [3.8, 4) is 0 Å². The molecule has 150 valence electrons. The van der Waals surface area contributed by atoms with Crippen molar-refractivity contribution >= 4 is 11.7 Å². The molecular formula is C21H34N4O2. The Bertz CT molecular complexity index is 603. The topological polar surface area (TPSA) is 76.1 Å². The van der Waals surface area contributed by atoms with Crippen molar-refractivity contribution in [1.82, 2.24) is 15.5 Å². The van der Waals surface area contributed by atoms with Gasteiger partial charge in [0.15, 0.2) is 5.69 Å². The number of anilines is 1. The Morgan fingerprint density at radius 2 is 1.78 bits per heavy atom. The van der Waals surface area contributed by atoms with Crippen molar-refractivity contribution in [3.63, 3.8) is 0 Å². The normalized spacial score (nSPS) is 24.4. The number of nitrogens with zero attached hydrogens (tertiary/aromatic N) is 2. The van der Waals surface area contributed by atoms with E-state index in [0.717, 1.165) is 24.6 Å². The molecule has 1 aromatic heterocycles. The summed E-state index contributed by atoms with van der Waals surface area (Å²) >= 11 is 0. The van der Waals surface area contributed by atoms with E-state index in [2.05, 4.69) is 41.6 Å². The third kappa shape index (κ3) is 5.41. The molecule has 1 saturated heterocycles. The van der Waals surface area contributed by atoms with E-state index in [1.54, 1.807) is 6.07 Å². The molecule has 27 heavy (non-hydrogen) atoms. The summed E-state index contributed by atoms with van der Waals surface area (Å²) in [5.41, 5.74) is 0.810. The second-order valence-electron chi connectivity index (χ2n) is 8.70. The van der Waals surface area contributed by atoms with Crippen LogP contribution < -0.4 is 10.6 Å². The molecule has 1 aromatic rings. The first kappa shape index (κ1) is 20.1. The van der Waals surface area contributed by atoms with Gasteiger partial charge in [0, 0.05) is 25.3 Å². The summed E-state index contributed by atoms with van der Waals surface area (Å²) < 4.78 is 5.32. The van der Waals surface area contributed by atoms with Crippen LogP contribution in [0.15, 0.2) is 12.1 Å². The Kier molecular flexibility index (Phi) is 6.68. The van der Waals surface area contributed by atoms with Crippen LogP contribution >= 0.6 is 0 Å². The monoisotopic (exact) mass is 374 g/mol. The maximum atomic E-state index is 12.3. The smallest absolute Gasteiger partial charge is 0.272 e. The van der Waals surface area contributed by atoms with Gasteiger partial charge in [0.05, 0.1) is 0 Å². The summed E-state index contributed by atoms with van der Waals surface area (Å²) in [4.78, 5) is 12.3. The molecule has 0 radical (unpaired) electrons. The molecule has 6 nitrogen and oxygen atoms in total. The molecule has 3 rings (SSSR count). The Hall–Kier alpha value is -1.69. The van der Waals surface area contributed by atoms with Gasteiger partial charge < -0.3 is 15.4 Å². The summed E-state index contributed by atoms with van der Waals surface area (Å²) in [5, 5.41) is 14.9. The summed E-state index contributed by atoms with van der Waals surface area (Å²) in [6.07, 6.45) is 7.81. The van der Waals surface area contributed by atoms with Gasteiger partial charge in [-0.1, -0.05) is 27.2 Å². The number of aromatic nitrogens is 2. The van der Waals surface area contributed by atoms with E-state index in [0.29, 0.717) is 30.4 Å². The zero-order valence-electron chi connectivity index (χ0n) is 17.0. The van der Waals surface area contributed by atoms with Crippen molar-refractivity contribution in [1.29, 1.82) is 0 Å². The fraction of sp³-hybridized carbons (Fsp3) is 0.762.